The summed E-state index contributed by atoms with van der Waals surface area (Å²) in [6.07, 6.45) is 0. The molecule has 1 aromatic carbocycles. The van der Waals surface area contributed by atoms with Gasteiger partial charge in [0.25, 0.3) is 0 Å². The molecule has 1 amide bonds. The number of carbonyl (C=O) groups excluding carboxylic acids is 1. The standard InChI is InChI=1S/C12H12ClFN4OS/c1-6(20-12-15-7(2)17-18-12)11(19)16-10-4-3-8(14)5-9(10)13/h3-6H,1-2H3,(H,16,19)(H,15,17,18). The zero-order chi connectivity index (χ0) is 14.7. The van der Waals surface area contributed by atoms with Crippen LogP contribution in [0.15, 0.2) is 23.4 Å². The van der Waals surface area contributed by atoms with Crippen molar-refractivity contribution in [1.82, 2.24) is 15.2 Å². The van der Waals surface area contributed by atoms with Gasteiger partial charge >= 0.3 is 0 Å². The van der Waals surface area contributed by atoms with E-state index in [1.165, 1.54) is 23.9 Å². The van der Waals surface area contributed by atoms with Gasteiger partial charge in [-0.1, -0.05) is 23.4 Å². The predicted molar refractivity (Wildman–Crippen MR) is 76.5 cm³/mol. The largest absolute Gasteiger partial charge is 0.324 e. The number of benzene rings is 1. The fourth-order valence-corrected chi connectivity index (χ4v) is 2.40. The number of nitrogens with one attached hydrogen (secondary N) is 2. The molecule has 0 saturated heterocycles. The Morgan fingerprint density at radius 1 is 1.55 bits per heavy atom. The van der Waals surface area contributed by atoms with Crippen LogP contribution in [-0.4, -0.2) is 26.3 Å². The van der Waals surface area contributed by atoms with Crippen LogP contribution in [0.3, 0.4) is 0 Å². The molecule has 8 heteroatoms. The molecule has 1 unspecified atom stereocenters. The van der Waals surface area contributed by atoms with E-state index in [0.717, 1.165) is 6.07 Å². The molecule has 0 aliphatic heterocycles. The zero-order valence-electron chi connectivity index (χ0n) is 10.8. The molecule has 0 radical (unpaired) electrons. The minimum absolute atomic E-state index is 0.157. The number of amides is 1. The minimum Gasteiger partial charge on any atom is -0.324 e. The number of aryl methyl sites for hydroxylation is 1. The van der Waals surface area contributed by atoms with Gasteiger partial charge in [0.2, 0.25) is 11.1 Å². The highest BCUT2D eigenvalue weighted by molar-refractivity contribution is 8.00. The van der Waals surface area contributed by atoms with Gasteiger partial charge < -0.3 is 5.32 Å². The Bertz CT molecular complexity index is 634. The molecule has 20 heavy (non-hydrogen) atoms. The molecule has 0 saturated carbocycles. The first-order valence-electron chi connectivity index (χ1n) is 5.77. The van der Waals surface area contributed by atoms with Gasteiger partial charge in [0.15, 0.2) is 0 Å². The van der Waals surface area contributed by atoms with Gasteiger partial charge in [0.05, 0.1) is 16.0 Å². The number of halogens is 2. The number of aromatic amines is 1. The summed E-state index contributed by atoms with van der Waals surface area (Å²) in [5.41, 5.74) is 0.372. The molecular formula is C12H12ClFN4OS. The van der Waals surface area contributed by atoms with Crippen molar-refractivity contribution in [2.45, 2.75) is 24.3 Å². The maximum Gasteiger partial charge on any atom is 0.237 e. The first kappa shape index (κ1) is 14.8. The third-order valence-corrected chi connectivity index (χ3v) is 3.69. The summed E-state index contributed by atoms with van der Waals surface area (Å²) in [6, 6.07) is 3.80. The average Bonchev–Trinajstić information content (AvgIpc) is 2.78. The highest BCUT2D eigenvalue weighted by Crippen LogP contribution is 2.25. The number of hydrogen-bond donors (Lipinski definition) is 2. The lowest BCUT2D eigenvalue weighted by Gasteiger charge is -2.11. The Morgan fingerprint density at radius 2 is 2.30 bits per heavy atom. The highest BCUT2D eigenvalue weighted by atomic mass is 35.5. The number of rotatable bonds is 4. The predicted octanol–water partition coefficient (Wildman–Crippen LogP) is 3.02. The molecule has 0 bridgehead atoms. The molecule has 2 rings (SSSR count). The van der Waals surface area contributed by atoms with Crippen molar-refractivity contribution in [2.24, 2.45) is 0 Å². The molecular weight excluding hydrogens is 303 g/mol. The van der Waals surface area contributed by atoms with E-state index in [2.05, 4.69) is 20.5 Å². The van der Waals surface area contributed by atoms with Crippen LogP contribution in [0.1, 0.15) is 12.7 Å². The summed E-state index contributed by atoms with van der Waals surface area (Å²) < 4.78 is 12.9. The zero-order valence-corrected chi connectivity index (χ0v) is 12.3. The van der Waals surface area contributed by atoms with Crippen molar-refractivity contribution in [3.63, 3.8) is 0 Å². The molecule has 0 spiro atoms. The summed E-state index contributed by atoms with van der Waals surface area (Å²) in [5, 5.41) is 9.53. The van der Waals surface area contributed by atoms with Crippen molar-refractivity contribution >= 4 is 35.0 Å². The average molecular weight is 315 g/mol. The van der Waals surface area contributed by atoms with Gasteiger partial charge in [0.1, 0.15) is 11.6 Å². The van der Waals surface area contributed by atoms with Crippen molar-refractivity contribution in [3.05, 3.63) is 34.9 Å². The number of nitrogens with zero attached hydrogens (tertiary/aromatic N) is 2. The van der Waals surface area contributed by atoms with Crippen molar-refractivity contribution in [2.75, 3.05) is 5.32 Å². The second kappa shape index (κ2) is 6.23. The second-order valence-corrected chi connectivity index (χ2v) is 5.79. The van der Waals surface area contributed by atoms with E-state index in [0.29, 0.717) is 16.7 Å². The summed E-state index contributed by atoms with van der Waals surface area (Å²) >= 11 is 7.07. The maximum atomic E-state index is 12.9. The number of carbonyl (C=O) groups is 1. The molecule has 106 valence electrons. The lowest BCUT2D eigenvalue weighted by Crippen LogP contribution is -2.22. The molecule has 0 fully saturated rings. The number of aromatic nitrogens is 3. The van der Waals surface area contributed by atoms with Gasteiger partial charge in [-0.25, -0.2) is 9.37 Å². The SMILES string of the molecule is Cc1nc(SC(C)C(=O)Nc2ccc(F)cc2Cl)n[nH]1. The molecule has 1 heterocycles. The minimum atomic E-state index is -0.452. The summed E-state index contributed by atoms with van der Waals surface area (Å²) in [5.74, 6) is -0.0285. The number of H-pyrrole nitrogens is 1. The molecule has 2 aromatic rings. The molecule has 1 aromatic heterocycles. The van der Waals surface area contributed by atoms with Crippen LogP contribution in [0.4, 0.5) is 10.1 Å². The maximum absolute atomic E-state index is 12.9. The van der Waals surface area contributed by atoms with Gasteiger partial charge in [-0.15, -0.1) is 5.10 Å². The number of anilines is 1. The van der Waals surface area contributed by atoms with Crippen molar-refractivity contribution in [1.29, 1.82) is 0 Å². The molecule has 0 aliphatic rings. The van der Waals surface area contributed by atoms with Crippen LogP contribution in [-0.2, 0) is 4.79 Å². The number of hydrogen-bond acceptors (Lipinski definition) is 4. The van der Waals surface area contributed by atoms with Crippen LogP contribution in [0.2, 0.25) is 5.02 Å². The summed E-state index contributed by atoms with van der Waals surface area (Å²) in [7, 11) is 0. The van der Waals surface area contributed by atoms with Gasteiger partial charge in [-0.2, -0.15) is 0 Å². The highest BCUT2D eigenvalue weighted by Gasteiger charge is 2.17. The number of thioether (sulfide) groups is 1. The van der Waals surface area contributed by atoms with E-state index >= 15 is 0 Å². The quantitative estimate of drug-likeness (QED) is 0.851. The van der Waals surface area contributed by atoms with Gasteiger partial charge in [0, 0.05) is 0 Å². The van der Waals surface area contributed by atoms with Crippen LogP contribution in [0.5, 0.6) is 0 Å². The summed E-state index contributed by atoms with van der Waals surface area (Å²) in [4.78, 5) is 16.1. The lowest BCUT2D eigenvalue weighted by atomic mass is 10.3. The van der Waals surface area contributed by atoms with E-state index in [4.69, 9.17) is 11.6 Å². The molecule has 5 nitrogen and oxygen atoms in total. The van der Waals surface area contributed by atoms with E-state index in [1.54, 1.807) is 13.8 Å². The van der Waals surface area contributed by atoms with Crippen LogP contribution >= 0.6 is 23.4 Å². The van der Waals surface area contributed by atoms with E-state index < -0.39 is 11.1 Å². The first-order valence-corrected chi connectivity index (χ1v) is 7.03. The van der Waals surface area contributed by atoms with Gasteiger partial charge in [-0.3, -0.25) is 9.89 Å². The fraction of sp³-hybridized carbons (Fsp3) is 0.250. The van der Waals surface area contributed by atoms with E-state index in [-0.39, 0.29) is 10.9 Å². The van der Waals surface area contributed by atoms with Crippen LogP contribution in [0, 0.1) is 12.7 Å². The Hall–Kier alpha value is -1.60. The Balaban J connectivity index is 2.00. The topological polar surface area (TPSA) is 70.7 Å². The monoisotopic (exact) mass is 314 g/mol. The summed E-state index contributed by atoms with van der Waals surface area (Å²) in [6.45, 7) is 3.50. The Morgan fingerprint density at radius 3 is 2.90 bits per heavy atom. The van der Waals surface area contributed by atoms with E-state index in [1.807, 2.05) is 0 Å². The van der Waals surface area contributed by atoms with Gasteiger partial charge in [-0.05, 0) is 32.0 Å². The first-order chi connectivity index (χ1) is 9.45. The second-order valence-electron chi connectivity index (χ2n) is 4.08. The van der Waals surface area contributed by atoms with Crippen molar-refractivity contribution < 1.29 is 9.18 Å². The molecule has 1 atom stereocenters. The fourth-order valence-electron chi connectivity index (χ4n) is 1.41. The van der Waals surface area contributed by atoms with Crippen molar-refractivity contribution in [3.8, 4) is 0 Å². The van der Waals surface area contributed by atoms with Crippen LogP contribution < -0.4 is 5.32 Å². The van der Waals surface area contributed by atoms with E-state index in [9.17, 15) is 9.18 Å². The van der Waals surface area contributed by atoms with Crippen LogP contribution in [0.25, 0.3) is 0 Å². The normalized spacial score (nSPS) is 12.2. The third kappa shape index (κ3) is 3.71. The third-order valence-electron chi connectivity index (χ3n) is 2.42. The molecule has 2 N–H and O–H groups in total. The Labute approximate surface area is 124 Å². The smallest absolute Gasteiger partial charge is 0.237 e. The Kier molecular flexibility index (Phi) is 4.61. The lowest BCUT2D eigenvalue weighted by molar-refractivity contribution is -0.115. The molecule has 0 aliphatic carbocycles.